The average molecular weight is 441 g/mol. The van der Waals surface area contributed by atoms with Crippen molar-refractivity contribution in [3.8, 4) is 0 Å². The number of nitrogens with zero attached hydrogens (tertiary/aromatic N) is 3. The van der Waals surface area contributed by atoms with Crippen LogP contribution >= 0.6 is 0 Å². The molecule has 32 heavy (non-hydrogen) atoms. The van der Waals surface area contributed by atoms with Crippen LogP contribution in [0.25, 0.3) is 11.0 Å². The summed E-state index contributed by atoms with van der Waals surface area (Å²) in [7, 11) is 0. The van der Waals surface area contributed by atoms with Gasteiger partial charge in [0.25, 0.3) is 0 Å². The first kappa shape index (κ1) is 24.3. The molecule has 0 aliphatic carbocycles. The number of likely N-dealkylation sites (tertiary alicyclic amines) is 1. The SMILES string of the molecule is CCC(CC)C(=O)NCCCCCc1nc2ccccc2n1CC(=O)N1CCCCC1C. The summed E-state index contributed by atoms with van der Waals surface area (Å²) >= 11 is 0. The van der Waals surface area contributed by atoms with Crippen LogP contribution in [-0.2, 0) is 22.6 Å². The Bertz CT molecular complexity index is 887. The van der Waals surface area contributed by atoms with E-state index in [0.717, 1.165) is 81.3 Å². The van der Waals surface area contributed by atoms with E-state index in [-0.39, 0.29) is 17.7 Å². The van der Waals surface area contributed by atoms with Crippen LogP contribution in [0.4, 0.5) is 0 Å². The zero-order valence-corrected chi connectivity index (χ0v) is 20.1. The number of aryl methyl sites for hydroxylation is 1. The van der Waals surface area contributed by atoms with E-state index in [1.165, 1.54) is 6.42 Å². The van der Waals surface area contributed by atoms with E-state index in [1.807, 2.05) is 23.1 Å². The molecule has 1 aromatic heterocycles. The Labute approximate surface area is 192 Å². The minimum Gasteiger partial charge on any atom is -0.356 e. The number of hydrogen-bond acceptors (Lipinski definition) is 3. The molecule has 2 heterocycles. The smallest absolute Gasteiger partial charge is 0.242 e. The Hall–Kier alpha value is -2.37. The third-order valence-electron chi connectivity index (χ3n) is 6.88. The van der Waals surface area contributed by atoms with Gasteiger partial charge in [-0.2, -0.15) is 0 Å². The van der Waals surface area contributed by atoms with Crippen LogP contribution in [0.15, 0.2) is 24.3 Å². The van der Waals surface area contributed by atoms with E-state index >= 15 is 0 Å². The van der Waals surface area contributed by atoms with E-state index in [9.17, 15) is 9.59 Å². The maximum atomic E-state index is 13.1. The summed E-state index contributed by atoms with van der Waals surface area (Å²) in [6.45, 7) is 8.26. The highest BCUT2D eigenvalue weighted by molar-refractivity contribution is 5.81. The lowest BCUT2D eigenvalue weighted by Gasteiger charge is -2.33. The van der Waals surface area contributed by atoms with Gasteiger partial charge in [-0.3, -0.25) is 9.59 Å². The van der Waals surface area contributed by atoms with Crippen molar-refractivity contribution in [3.05, 3.63) is 30.1 Å². The number of para-hydroxylation sites is 2. The Morgan fingerprint density at radius 1 is 1.12 bits per heavy atom. The number of hydrogen-bond donors (Lipinski definition) is 1. The van der Waals surface area contributed by atoms with E-state index < -0.39 is 0 Å². The minimum atomic E-state index is 0.134. The Morgan fingerprint density at radius 2 is 1.91 bits per heavy atom. The molecular weight excluding hydrogens is 400 g/mol. The van der Waals surface area contributed by atoms with Gasteiger partial charge in [-0.25, -0.2) is 4.98 Å². The summed E-state index contributed by atoms with van der Waals surface area (Å²) in [4.78, 5) is 32.1. The summed E-state index contributed by atoms with van der Waals surface area (Å²) < 4.78 is 2.12. The number of benzene rings is 1. The molecule has 6 heteroatoms. The molecule has 0 radical (unpaired) electrons. The first-order valence-electron chi connectivity index (χ1n) is 12.6. The van der Waals surface area contributed by atoms with Crippen molar-refractivity contribution in [3.63, 3.8) is 0 Å². The number of rotatable bonds is 11. The third-order valence-corrected chi connectivity index (χ3v) is 6.88. The average Bonchev–Trinajstić information content (AvgIpc) is 3.14. The van der Waals surface area contributed by atoms with Crippen molar-refractivity contribution in [1.82, 2.24) is 19.8 Å². The monoisotopic (exact) mass is 440 g/mol. The van der Waals surface area contributed by atoms with Gasteiger partial charge < -0.3 is 14.8 Å². The highest BCUT2D eigenvalue weighted by Crippen LogP contribution is 2.21. The molecule has 0 bridgehead atoms. The normalized spacial score (nSPS) is 16.6. The molecule has 3 rings (SSSR count). The molecule has 1 aromatic carbocycles. The van der Waals surface area contributed by atoms with Crippen LogP contribution in [-0.4, -0.2) is 45.4 Å². The number of carbonyl (C=O) groups is 2. The summed E-state index contributed by atoms with van der Waals surface area (Å²) in [6.07, 6.45) is 9.04. The lowest BCUT2D eigenvalue weighted by Crippen LogP contribution is -2.43. The molecule has 1 saturated heterocycles. The summed E-state index contributed by atoms with van der Waals surface area (Å²) in [5.74, 6) is 1.51. The second-order valence-electron chi connectivity index (χ2n) is 9.15. The standard InChI is InChI=1S/C26H40N4O2/c1-4-21(5-2)26(32)27-17-11-6-7-16-24-28-22-14-8-9-15-23(22)30(24)19-25(31)29-18-12-10-13-20(29)3/h8-9,14-15,20-21H,4-7,10-13,16-19H2,1-3H3,(H,27,32). The number of unbranched alkanes of at least 4 members (excludes halogenated alkanes) is 2. The minimum absolute atomic E-state index is 0.134. The molecule has 0 saturated carbocycles. The summed E-state index contributed by atoms with van der Waals surface area (Å²) in [5, 5.41) is 3.07. The second kappa shape index (κ2) is 12.0. The van der Waals surface area contributed by atoms with Crippen LogP contribution in [0.3, 0.4) is 0 Å². The van der Waals surface area contributed by atoms with Crippen LogP contribution in [0.2, 0.25) is 0 Å². The Morgan fingerprint density at radius 3 is 2.66 bits per heavy atom. The number of carbonyl (C=O) groups excluding carboxylic acids is 2. The predicted octanol–water partition coefficient (Wildman–Crippen LogP) is 4.70. The van der Waals surface area contributed by atoms with E-state index in [2.05, 4.69) is 36.7 Å². The van der Waals surface area contributed by atoms with Gasteiger partial charge in [0.15, 0.2) is 0 Å². The van der Waals surface area contributed by atoms with Gasteiger partial charge in [-0.1, -0.05) is 32.4 Å². The van der Waals surface area contributed by atoms with E-state index in [1.54, 1.807) is 0 Å². The zero-order chi connectivity index (χ0) is 22.9. The van der Waals surface area contributed by atoms with Gasteiger partial charge in [-0.05, 0) is 64.0 Å². The maximum absolute atomic E-state index is 13.1. The van der Waals surface area contributed by atoms with Crippen LogP contribution in [0, 0.1) is 5.92 Å². The lowest BCUT2D eigenvalue weighted by molar-refractivity contribution is -0.135. The maximum Gasteiger partial charge on any atom is 0.242 e. The fourth-order valence-electron chi connectivity index (χ4n) is 4.79. The fraction of sp³-hybridized carbons (Fsp3) is 0.654. The van der Waals surface area contributed by atoms with Gasteiger partial charge >= 0.3 is 0 Å². The molecule has 2 amide bonds. The van der Waals surface area contributed by atoms with Crippen molar-refractivity contribution in [2.45, 2.75) is 91.1 Å². The molecular formula is C26H40N4O2. The van der Waals surface area contributed by atoms with Crippen molar-refractivity contribution >= 4 is 22.8 Å². The number of piperidine rings is 1. The Balaban J connectivity index is 1.56. The molecule has 1 unspecified atom stereocenters. The fourth-order valence-corrected chi connectivity index (χ4v) is 4.79. The topological polar surface area (TPSA) is 67.2 Å². The van der Waals surface area contributed by atoms with Gasteiger partial charge in [-0.15, -0.1) is 0 Å². The van der Waals surface area contributed by atoms with Crippen molar-refractivity contribution in [2.24, 2.45) is 5.92 Å². The molecule has 1 fully saturated rings. The zero-order valence-electron chi connectivity index (χ0n) is 20.1. The number of amides is 2. The molecule has 2 aromatic rings. The van der Waals surface area contributed by atoms with E-state index in [0.29, 0.717) is 12.6 Å². The van der Waals surface area contributed by atoms with Gasteiger partial charge in [0.05, 0.1) is 11.0 Å². The number of aromatic nitrogens is 2. The van der Waals surface area contributed by atoms with Crippen molar-refractivity contribution in [2.75, 3.05) is 13.1 Å². The number of fused-ring (bicyclic) bond motifs is 1. The molecule has 1 aliphatic rings. The molecule has 1 atom stereocenters. The lowest BCUT2D eigenvalue weighted by atomic mass is 10.0. The quantitative estimate of drug-likeness (QED) is 0.515. The van der Waals surface area contributed by atoms with E-state index in [4.69, 9.17) is 4.98 Å². The first-order valence-corrected chi connectivity index (χ1v) is 12.6. The molecule has 1 aliphatic heterocycles. The van der Waals surface area contributed by atoms with Crippen LogP contribution < -0.4 is 5.32 Å². The highest BCUT2D eigenvalue weighted by Gasteiger charge is 2.24. The molecule has 0 spiro atoms. The number of nitrogens with one attached hydrogen (secondary N) is 1. The highest BCUT2D eigenvalue weighted by atomic mass is 16.2. The number of imidazole rings is 1. The molecule has 6 nitrogen and oxygen atoms in total. The summed E-state index contributed by atoms with van der Waals surface area (Å²) in [5.41, 5.74) is 2.00. The first-order chi connectivity index (χ1) is 15.5. The largest absolute Gasteiger partial charge is 0.356 e. The van der Waals surface area contributed by atoms with Gasteiger partial charge in [0.1, 0.15) is 12.4 Å². The van der Waals surface area contributed by atoms with Crippen LogP contribution in [0.5, 0.6) is 0 Å². The summed E-state index contributed by atoms with van der Waals surface area (Å²) in [6, 6.07) is 8.43. The second-order valence-corrected chi connectivity index (χ2v) is 9.15. The van der Waals surface area contributed by atoms with Crippen molar-refractivity contribution < 1.29 is 9.59 Å². The van der Waals surface area contributed by atoms with Gasteiger partial charge in [0, 0.05) is 31.5 Å². The molecule has 176 valence electrons. The molecule has 1 N–H and O–H groups in total. The third kappa shape index (κ3) is 6.11. The van der Waals surface area contributed by atoms with Crippen molar-refractivity contribution in [1.29, 1.82) is 0 Å². The Kier molecular flexibility index (Phi) is 9.12. The van der Waals surface area contributed by atoms with Gasteiger partial charge in [0.2, 0.25) is 11.8 Å². The van der Waals surface area contributed by atoms with Crippen LogP contribution in [0.1, 0.15) is 78.0 Å². The predicted molar refractivity (Wildman–Crippen MR) is 129 cm³/mol.